The van der Waals surface area contributed by atoms with Crippen molar-refractivity contribution in [1.29, 1.82) is 0 Å². The largest absolute Gasteiger partial charge is 0.332 e. The van der Waals surface area contributed by atoms with Crippen LogP contribution in [0.1, 0.15) is 16.7 Å². The average Bonchev–Trinajstić information content (AvgIpc) is 3.32. The maximum atomic E-state index is 13.8. The molecule has 8 nitrogen and oxygen atoms in total. The van der Waals surface area contributed by atoms with Crippen LogP contribution in [0.3, 0.4) is 0 Å². The zero-order valence-corrected chi connectivity index (χ0v) is 13.9. The van der Waals surface area contributed by atoms with E-state index in [4.69, 9.17) is 0 Å². The van der Waals surface area contributed by atoms with Crippen LogP contribution in [0.5, 0.6) is 0 Å². The van der Waals surface area contributed by atoms with Crippen LogP contribution in [0.2, 0.25) is 0 Å². The van der Waals surface area contributed by atoms with Gasteiger partial charge in [0.05, 0.1) is 24.5 Å². The van der Waals surface area contributed by atoms with Crippen LogP contribution in [-0.4, -0.2) is 73.3 Å². The SMILES string of the molecule is CN(C)[C@@H]1CN(C(=O)c2ncc3c(F)cccn23)C[C@@H]1n1ccnn1. The van der Waals surface area contributed by atoms with Gasteiger partial charge >= 0.3 is 0 Å². The molecule has 0 N–H and O–H groups in total. The van der Waals surface area contributed by atoms with E-state index in [9.17, 15) is 9.18 Å². The quantitative estimate of drug-likeness (QED) is 0.700. The number of imidazole rings is 1. The van der Waals surface area contributed by atoms with Crippen LogP contribution >= 0.6 is 0 Å². The highest BCUT2D eigenvalue weighted by Gasteiger charge is 2.39. The van der Waals surface area contributed by atoms with E-state index in [0.717, 1.165) is 0 Å². The minimum atomic E-state index is -0.401. The number of fused-ring (bicyclic) bond motifs is 1. The minimum absolute atomic E-state index is 0.00409. The molecule has 0 unspecified atom stereocenters. The lowest BCUT2D eigenvalue weighted by Gasteiger charge is -2.24. The number of hydrogen-bond donors (Lipinski definition) is 0. The van der Waals surface area contributed by atoms with Gasteiger partial charge in [0.25, 0.3) is 5.91 Å². The first kappa shape index (κ1) is 15.7. The van der Waals surface area contributed by atoms with Gasteiger partial charge in [0.2, 0.25) is 5.82 Å². The van der Waals surface area contributed by atoms with Gasteiger partial charge in [-0.3, -0.25) is 9.20 Å². The number of carbonyl (C=O) groups is 1. The van der Waals surface area contributed by atoms with Crippen molar-refractivity contribution < 1.29 is 9.18 Å². The molecule has 1 fully saturated rings. The van der Waals surface area contributed by atoms with E-state index in [1.807, 2.05) is 14.1 Å². The molecular weight excluding hydrogens is 325 g/mol. The molecule has 0 spiro atoms. The Morgan fingerprint density at radius 3 is 2.88 bits per heavy atom. The van der Waals surface area contributed by atoms with Crippen molar-refractivity contribution >= 4 is 11.4 Å². The summed E-state index contributed by atoms with van der Waals surface area (Å²) in [5.74, 6) is -0.409. The highest BCUT2D eigenvalue weighted by atomic mass is 19.1. The first-order valence-corrected chi connectivity index (χ1v) is 7.99. The van der Waals surface area contributed by atoms with Gasteiger partial charge in [-0.1, -0.05) is 5.21 Å². The third-order valence-corrected chi connectivity index (χ3v) is 4.70. The second-order valence-electron chi connectivity index (χ2n) is 6.38. The lowest BCUT2D eigenvalue weighted by Crippen LogP contribution is -2.37. The van der Waals surface area contributed by atoms with Gasteiger partial charge in [-0.2, -0.15) is 0 Å². The summed E-state index contributed by atoms with van der Waals surface area (Å²) in [5, 5.41) is 7.94. The molecule has 9 heteroatoms. The van der Waals surface area contributed by atoms with Crippen LogP contribution < -0.4 is 0 Å². The number of aromatic nitrogens is 5. The molecule has 0 radical (unpaired) electrons. The zero-order chi connectivity index (χ0) is 17.6. The average molecular weight is 343 g/mol. The van der Waals surface area contributed by atoms with Gasteiger partial charge in [-0.25, -0.2) is 14.1 Å². The number of rotatable bonds is 3. The van der Waals surface area contributed by atoms with Crippen molar-refractivity contribution in [3.05, 3.63) is 48.6 Å². The summed E-state index contributed by atoms with van der Waals surface area (Å²) in [4.78, 5) is 20.9. The molecule has 25 heavy (non-hydrogen) atoms. The molecule has 3 aromatic rings. The summed E-state index contributed by atoms with van der Waals surface area (Å²) in [6, 6.07) is 3.02. The number of likely N-dealkylation sites (tertiary alicyclic amines) is 1. The predicted molar refractivity (Wildman–Crippen MR) is 87.6 cm³/mol. The number of pyridine rings is 1. The third-order valence-electron chi connectivity index (χ3n) is 4.70. The fourth-order valence-corrected chi connectivity index (χ4v) is 3.38. The molecule has 1 amide bonds. The Bertz CT molecular complexity index is 904. The molecular formula is C16H18FN7O. The molecule has 4 heterocycles. The minimum Gasteiger partial charge on any atom is -0.332 e. The van der Waals surface area contributed by atoms with Gasteiger partial charge in [0, 0.05) is 25.5 Å². The second kappa shape index (κ2) is 5.92. The molecule has 4 rings (SSSR count). The molecule has 0 saturated carbocycles. The Hall–Kier alpha value is -2.81. The topological polar surface area (TPSA) is 71.6 Å². The summed E-state index contributed by atoms with van der Waals surface area (Å²) in [5.41, 5.74) is 0.294. The Morgan fingerprint density at radius 1 is 1.32 bits per heavy atom. The zero-order valence-electron chi connectivity index (χ0n) is 13.9. The normalized spacial score (nSPS) is 20.7. The van der Waals surface area contributed by atoms with Crippen molar-refractivity contribution in [1.82, 2.24) is 34.2 Å². The van der Waals surface area contributed by atoms with Gasteiger partial charge in [-0.15, -0.1) is 5.10 Å². The van der Waals surface area contributed by atoms with E-state index in [-0.39, 0.29) is 23.8 Å². The maximum absolute atomic E-state index is 13.8. The Labute approximate surface area is 143 Å². The monoisotopic (exact) mass is 343 g/mol. The lowest BCUT2D eigenvalue weighted by molar-refractivity contribution is 0.0768. The summed E-state index contributed by atoms with van der Waals surface area (Å²) in [6.07, 6.45) is 6.46. The molecule has 1 aliphatic rings. The Morgan fingerprint density at radius 2 is 2.16 bits per heavy atom. The first-order chi connectivity index (χ1) is 12.1. The standard InChI is InChI=1S/C16H18FN7O/c1-21(2)13-9-22(10-14(13)24-7-5-19-20-24)16(25)15-18-8-12-11(17)4-3-6-23(12)15/h3-8,13-14H,9-10H2,1-2H3/t13-,14+/m1/s1. The van der Waals surface area contributed by atoms with Crippen LogP contribution in [0, 0.1) is 5.82 Å². The number of carbonyl (C=O) groups excluding carboxylic acids is 1. The van der Waals surface area contributed by atoms with Crippen LogP contribution in [0.4, 0.5) is 4.39 Å². The highest BCUT2D eigenvalue weighted by Crippen LogP contribution is 2.26. The van der Waals surface area contributed by atoms with Crippen molar-refractivity contribution in [2.24, 2.45) is 0 Å². The lowest BCUT2D eigenvalue weighted by atomic mass is 10.1. The summed E-state index contributed by atoms with van der Waals surface area (Å²) < 4.78 is 17.1. The smallest absolute Gasteiger partial charge is 0.290 e. The first-order valence-electron chi connectivity index (χ1n) is 7.99. The Balaban J connectivity index is 1.65. The van der Waals surface area contributed by atoms with Crippen molar-refractivity contribution in [3.63, 3.8) is 0 Å². The van der Waals surface area contributed by atoms with E-state index in [2.05, 4.69) is 20.2 Å². The van der Waals surface area contributed by atoms with Crippen LogP contribution in [0.25, 0.3) is 5.52 Å². The van der Waals surface area contributed by atoms with E-state index in [1.165, 1.54) is 16.7 Å². The predicted octanol–water partition coefficient (Wildman–Crippen LogP) is 0.692. The molecule has 1 aliphatic heterocycles. The Kier molecular flexibility index (Phi) is 3.72. The fraction of sp³-hybridized carbons (Fsp3) is 0.375. The van der Waals surface area contributed by atoms with Gasteiger partial charge < -0.3 is 9.80 Å². The van der Waals surface area contributed by atoms with Crippen LogP contribution in [-0.2, 0) is 0 Å². The van der Waals surface area contributed by atoms with Crippen molar-refractivity contribution in [3.8, 4) is 0 Å². The maximum Gasteiger partial charge on any atom is 0.290 e. The second-order valence-corrected chi connectivity index (χ2v) is 6.38. The molecule has 1 saturated heterocycles. The van der Waals surface area contributed by atoms with Gasteiger partial charge in [-0.05, 0) is 26.2 Å². The number of nitrogens with zero attached hydrogens (tertiary/aromatic N) is 7. The van der Waals surface area contributed by atoms with Crippen molar-refractivity contribution in [2.75, 3.05) is 27.2 Å². The number of likely N-dealkylation sites (N-methyl/N-ethyl adjacent to an activating group) is 1. The van der Waals surface area contributed by atoms with Crippen molar-refractivity contribution in [2.45, 2.75) is 12.1 Å². The number of halogens is 1. The molecule has 2 atom stereocenters. The number of hydrogen-bond acceptors (Lipinski definition) is 5. The van der Waals surface area contributed by atoms with E-state index in [0.29, 0.717) is 18.6 Å². The van der Waals surface area contributed by atoms with Gasteiger partial charge in [0.1, 0.15) is 11.3 Å². The fourth-order valence-electron chi connectivity index (χ4n) is 3.38. The number of amides is 1. The molecule has 0 aromatic carbocycles. The molecule has 0 aliphatic carbocycles. The molecule has 130 valence electrons. The third kappa shape index (κ3) is 2.56. The molecule has 3 aromatic heterocycles. The van der Waals surface area contributed by atoms with E-state index < -0.39 is 5.82 Å². The van der Waals surface area contributed by atoms with Crippen LogP contribution in [0.15, 0.2) is 36.9 Å². The van der Waals surface area contributed by atoms with E-state index in [1.54, 1.807) is 34.2 Å². The molecule has 0 bridgehead atoms. The summed E-state index contributed by atoms with van der Waals surface area (Å²) in [7, 11) is 3.95. The van der Waals surface area contributed by atoms with Gasteiger partial charge in [0.15, 0.2) is 0 Å². The summed E-state index contributed by atoms with van der Waals surface area (Å²) >= 11 is 0. The van der Waals surface area contributed by atoms with E-state index >= 15 is 0 Å². The summed E-state index contributed by atoms with van der Waals surface area (Å²) in [6.45, 7) is 1.04. The highest BCUT2D eigenvalue weighted by molar-refractivity contribution is 5.92.